The van der Waals surface area contributed by atoms with Crippen LogP contribution in [0.4, 0.5) is 5.69 Å². The molecule has 7 heteroatoms. The van der Waals surface area contributed by atoms with E-state index in [-0.39, 0.29) is 18.4 Å². The molecule has 3 aromatic rings. The summed E-state index contributed by atoms with van der Waals surface area (Å²) in [6.45, 7) is 4.50. The van der Waals surface area contributed by atoms with Gasteiger partial charge in [0.25, 0.3) is 5.91 Å². The molecule has 2 N–H and O–H groups in total. The van der Waals surface area contributed by atoms with Crippen molar-refractivity contribution in [1.29, 1.82) is 0 Å². The van der Waals surface area contributed by atoms with Crippen LogP contribution in [0.15, 0.2) is 72.8 Å². The van der Waals surface area contributed by atoms with Gasteiger partial charge in [-0.1, -0.05) is 18.2 Å². The minimum absolute atomic E-state index is 0.168. The van der Waals surface area contributed by atoms with E-state index in [0.717, 1.165) is 5.75 Å². The Hall–Kier alpha value is -4.00. The standard InChI is InChI=1S/C25H26N2O5/c1-3-30-22-15-10-18(16-23(22)31-4-2)25(29)26-17-24(28)27-19-11-13-21(14-12-19)32-20-8-6-5-7-9-20/h5-16H,3-4,17H2,1-2H3,(H,26,29)(H,27,28). The average molecular weight is 434 g/mol. The third kappa shape index (κ3) is 6.50. The number of benzene rings is 3. The lowest BCUT2D eigenvalue weighted by molar-refractivity contribution is -0.115. The summed E-state index contributed by atoms with van der Waals surface area (Å²) >= 11 is 0. The molecule has 0 heterocycles. The van der Waals surface area contributed by atoms with E-state index >= 15 is 0 Å². The van der Waals surface area contributed by atoms with E-state index in [0.29, 0.717) is 41.7 Å². The number of carbonyl (C=O) groups is 2. The number of hydrogen-bond donors (Lipinski definition) is 2. The van der Waals surface area contributed by atoms with E-state index in [4.69, 9.17) is 14.2 Å². The molecule has 0 saturated heterocycles. The molecular weight excluding hydrogens is 408 g/mol. The Morgan fingerprint density at radius 3 is 2.12 bits per heavy atom. The molecule has 0 radical (unpaired) electrons. The third-order valence-electron chi connectivity index (χ3n) is 4.33. The van der Waals surface area contributed by atoms with Crippen LogP contribution in [0.1, 0.15) is 24.2 Å². The van der Waals surface area contributed by atoms with Crippen LogP contribution in [0.5, 0.6) is 23.0 Å². The smallest absolute Gasteiger partial charge is 0.251 e. The minimum Gasteiger partial charge on any atom is -0.490 e. The summed E-state index contributed by atoms with van der Waals surface area (Å²) in [5.74, 6) is 1.73. The Labute approximate surface area is 187 Å². The van der Waals surface area contributed by atoms with Crippen LogP contribution in [-0.4, -0.2) is 31.6 Å². The Morgan fingerprint density at radius 2 is 1.44 bits per heavy atom. The van der Waals surface area contributed by atoms with Crippen molar-refractivity contribution in [1.82, 2.24) is 5.32 Å². The number of rotatable bonds is 10. The van der Waals surface area contributed by atoms with E-state index in [1.807, 2.05) is 44.2 Å². The quantitative estimate of drug-likeness (QED) is 0.485. The van der Waals surface area contributed by atoms with E-state index in [9.17, 15) is 9.59 Å². The molecule has 2 amide bonds. The molecule has 0 saturated carbocycles. The molecule has 0 spiro atoms. The highest BCUT2D eigenvalue weighted by Gasteiger charge is 2.13. The Kier molecular flexibility index (Phi) is 8.09. The van der Waals surface area contributed by atoms with Crippen molar-refractivity contribution in [2.45, 2.75) is 13.8 Å². The third-order valence-corrected chi connectivity index (χ3v) is 4.33. The SMILES string of the molecule is CCOc1ccc(C(=O)NCC(=O)Nc2ccc(Oc3ccccc3)cc2)cc1OCC. The highest BCUT2D eigenvalue weighted by Crippen LogP contribution is 2.28. The average Bonchev–Trinajstić information content (AvgIpc) is 2.81. The first-order valence-electron chi connectivity index (χ1n) is 10.4. The first-order chi connectivity index (χ1) is 15.6. The molecule has 0 unspecified atom stereocenters. The van der Waals surface area contributed by atoms with E-state index < -0.39 is 0 Å². The number of carbonyl (C=O) groups excluding carboxylic acids is 2. The summed E-state index contributed by atoms with van der Waals surface area (Å²) in [6, 6.07) is 21.3. The number of amides is 2. The molecule has 3 aromatic carbocycles. The first kappa shape index (κ1) is 22.7. The molecule has 7 nitrogen and oxygen atoms in total. The van der Waals surface area contributed by atoms with Gasteiger partial charge in [-0.05, 0) is 68.4 Å². The van der Waals surface area contributed by atoms with Gasteiger partial charge in [-0.2, -0.15) is 0 Å². The Balaban J connectivity index is 1.52. The second kappa shape index (κ2) is 11.4. The fourth-order valence-electron chi connectivity index (χ4n) is 2.89. The van der Waals surface area contributed by atoms with Crippen LogP contribution in [0.25, 0.3) is 0 Å². The van der Waals surface area contributed by atoms with Gasteiger partial charge in [0.05, 0.1) is 19.8 Å². The van der Waals surface area contributed by atoms with Gasteiger partial charge in [0.1, 0.15) is 11.5 Å². The van der Waals surface area contributed by atoms with E-state index in [2.05, 4.69) is 10.6 Å². The topological polar surface area (TPSA) is 85.9 Å². The molecule has 0 atom stereocenters. The Bertz CT molecular complexity index is 1040. The van der Waals surface area contributed by atoms with Gasteiger partial charge in [0.15, 0.2) is 11.5 Å². The van der Waals surface area contributed by atoms with Gasteiger partial charge in [-0.3, -0.25) is 9.59 Å². The molecule has 0 aliphatic rings. The molecule has 0 bridgehead atoms. The van der Waals surface area contributed by atoms with Crippen LogP contribution in [0.2, 0.25) is 0 Å². The van der Waals surface area contributed by atoms with Crippen LogP contribution in [0.3, 0.4) is 0 Å². The maximum Gasteiger partial charge on any atom is 0.251 e. The number of para-hydroxylation sites is 1. The van der Waals surface area contributed by atoms with Gasteiger partial charge < -0.3 is 24.8 Å². The minimum atomic E-state index is -0.379. The van der Waals surface area contributed by atoms with E-state index in [1.54, 1.807) is 42.5 Å². The van der Waals surface area contributed by atoms with Gasteiger partial charge in [0, 0.05) is 11.3 Å². The predicted molar refractivity (Wildman–Crippen MR) is 123 cm³/mol. The Morgan fingerprint density at radius 1 is 0.781 bits per heavy atom. The van der Waals surface area contributed by atoms with Crippen molar-refractivity contribution in [3.05, 3.63) is 78.4 Å². The monoisotopic (exact) mass is 434 g/mol. The summed E-state index contributed by atoms with van der Waals surface area (Å²) < 4.78 is 16.8. The van der Waals surface area contributed by atoms with Crippen LogP contribution >= 0.6 is 0 Å². The number of anilines is 1. The van der Waals surface area contributed by atoms with Crippen LogP contribution in [0, 0.1) is 0 Å². The molecule has 0 aliphatic heterocycles. The van der Waals surface area contributed by atoms with Crippen molar-refractivity contribution >= 4 is 17.5 Å². The van der Waals surface area contributed by atoms with Gasteiger partial charge in [-0.25, -0.2) is 0 Å². The van der Waals surface area contributed by atoms with Crippen molar-refractivity contribution in [2.24, 2.45) is 0 Å². The van der Waals surface area contributed by atoms with Crippen molar-refractivity contribution in [3.8, 4) is 23.0 Å². The normalized spacial score (nSPS) is 10.2. The van der Waals surface area contributed by atoms with Crippen molar-refractivity contribution in [2.75, 3.05) is 25.1 Å². The lowest BCUT2D eigenvalue weighted by Crippen LogP contribution is -2.32. The number of nitrogens with one attached hydrogen (secondary N) is 2. The number of ether oxygens (including phenoxy) is 3. The number of hydrogen-bond acceptors (Lipinski definition) is 5. The van der Waals surface area contributed by atoms with Crippen LogP contribution in [-0.2, 0) is 4.79 Å². The summed E-state index contributed by atoms with van der Waals surface area (Å²) in [5, 5.41) is 5.36. The molecule has 0 aliphatic carbocycles. The van der Waals surface area contributed by atoms with Gasteiger partial charge >= 0.3 is 0 Å². The highest BCUT2D eigenvalue weighted by atomic mass is 16.5. The first-order valence-corrected chi connectivity index (χ1v) is 10.4. The lowest BCUT2D eigenvalue weighted by atomic mass is 10.2. The largest absolute Gasteiger partial charge is 0.490 e. The van der Waals surface area contributed by atoms with Crippen molar-refractivity contribution in [3.63, 3.8) is 0 Å². The summed E-state index contributed by atoms with van der Waals surface area (Å²) in [6.07, 6.45) is 0. The van der Waals surface area contributed by atoms with Crippen LogP contribution < -0.4 is 24.8 Å². The molecule has 32 heavy (non-hydrogen) atoms. The summed E-state index contributed by atoms with van der Waals surface area (Å²) in [5.41, 5.74) is 0.983. The lowest BCUT2D eigenvalue weighted by Gasteiger charge is -2.12. The summed E-state index contributed by atoms with van der Waals surface area (Å²) in [4.78, 5) is 24.7. The zero-order valence-corrected chi connectivity index (χ0v) is 18.1. The van der Waals surface area contributed by atoms with Crippen molar-refractivity contribution < 1.29 is 23.8 Å². The maximum absolute atomic E-state index is 12.4. The molecule has 166 valence electrons. The molecular formula is C25H26N2O5. The zero-order valence-electron chi connectivity index (χ0n) is 18.1. The fraction of sp³-hybridized carbons (Fsp3) is 0.200. The second-order valence-electron chi connectivity index (χ2n) is 6.70. The van der Waals surface area contributed by atoms with E-state index in [1.165, 1.54) is 0 Å². The molecule has 3 rings (SSSR count). The molecule has 0 fully saturated rings. The maximum atomic E-state index is 12.4. The predicted octanol–water partition coefficient (Wildman–Crippen LogP) is 4.64. The zero-order chi connectivity index (χ0) is 22.8. The highest BCUT2D eigenvalue weighted by molar-refractivity contribution is 5.99. The van der Waals surface area contributed by atoms with Gasteiger partial charge in [-0.15, -0.1) is 0 Å². The second-order valence-corrected chi connectivity index (χ2v) is 6.70. The molecule has 0 aromatic heterocycles. The fourth-order valence-corrected chi connectivity index (χ4v) is 2.89. The van der Waals surface area contributed by atoms with Gasteiger partial charge in [0.2, 0.25) is 5.91 Å². The summed E-state index contributed by atoms with van der Waals surface area (Å²) in [7, 11) is 0.